The number of carbonyl (C=O) groups excluding carboxylic acids is 1. The van der Waals surface area contributed by atoms with Gasteiger partial charge in [-0.15, -0.1) is 0 Å². The predicted octanol–water partition coefficient (Wildman–Crippen LogP) is 2.12. The van der Waals surface area contributed by atoms with E-state index in [1.165, 1.54) is 0 Å². The summed E-state index contributed by atoms with van der Waals surface area (Å²) in [6.45, 7) is 2.88. The molecule has 104 valence electrons. The third-order valence-electron chi connectivity index (χ3n) is 3.62. The van der Waals surface area contributed by atoms with Crippen molar-refractivity contribution >= 4 is 23.2 Å². The van der Waals surface area contributed by atoms with Crippen LogP contribution in [0, 0.1) is 6.92 Å². The number of anilines is 1. The maximum atomic E-state index is 12.4. The molecule has 0 saturated carbocycles. The van der Waals surface area contributed by atoms with E-state index in [9.17, 15) is 4.79 Å². The zero-order valence-electron chi connectivity index (χ0n) is 11.4. The normalized spacial score (nSPS) is 13.9. The molecule has 0 aliphatic carbocycles. The average molecular weight is 291 g/mol. The van der Waals surface area contributed by atoms with Gasteiger partial charge in [-0.3, -0.25) is 9.48 Å². The number of halogens is 1. The number of hydrogen-bond donors (Lipinski definition) is 1. The minimum Gasteiger partial charge on any atom is -0.399 e. The number of nitrogen functional groups attached to an aromatic ring is 1. The molecule has 5 nitrogen and oxygen atoms in total. The largest absolute Gasteiger partial charge is 0.399 e. The number of nitrogens with zero attached hydrogens (tertiary/aromatic N) is 3. The SMILES string of the molecule is Cc1nn(C)c(CN2Cc3ccc(N)cc3C2=O)c1Cl. The highest BCUT2D eigenvalue weighted by atomic mass is 35.5. The standard InChI is InChI=1S/C14H15ClN4O/c1-8-13(15)12(18(2)17-8)7-19-6-9-3-4-10(16)5-11(9)14(19)20/h3-5H,6-7,16H2,1-2H3. The summed E-state index contributed by atoms with van der Waals surface area (Å²) >= 11 is 6.24. The minimum atomic E-state index is -0.0118. The van der Waals surface area contributed by atoms with Gasteiger partial charge in [0.2, 0.25) is 0 Å². The van der Waals surface area contributed by atoms with Crippen LogP contribution in [0.2, 0.25) is 5.02 Å². The van der Waals surface area contributed by atoms with Gasteiger partial charge < -0.3 is 10.6 Å². The molecule has 0 unspecified atom stereocenters. The Balaban J connectivity index is 1.90. The average Bonchev–Trinajstić information content (AvgIpc) is 2.83. The molecule has 1 aliphatic rings. The fourth-order valence-corrected chi connectivity index (χ4v) is 2.76. The Morgan fingerprint density at radius 2 is 2.20 bits per heavy atom. The Bertz CT molecular complexity index is 707. The molecule has 2 N–H and O–H groups in total. The van der Waals surface area contributed by atoms with Crippen molar-refractivity contribution < 1.29 is 4.79 Å². The van der Waals surface area contributed by atoms with Gasteiger partial charge >= 0.3 is 0 Å². The van der Waals surface area contributed by atoms with Gasteiger partial charge in [0, 0.05) is 24.8 Å². The van der Waals surface area contributed by atoms with Crippen LogP contribution in [0.3, 0.4) is 0 Å². The number of nitrogens with two attached hydrogens (primary N) is 1. The summed E-state index contributed by atoms with van der Waals surface area (Å²) in [5.74, 6) is -0.0118. The molecular formula is C14H15ClN4O. The van der Waals surface area contributed by atoms with Gasteiger partial charge in [-0.2, -0.15) is 5.10 Å². The molecule has 2 heterocycles. The van der Waals surface area contributed by atoms with Gasteiger partial charge in [-0.25, -0.2) is 0 Å². The highest BCUT2D eigenvalue weighted by molar-refractivity contribution is 6.31. The summed E-state index contributed by atoms with van der Waals surface area (Å²) in [5, 5.41) is 4.89. The van der Waals surface area contributed by atoms with Crippen molar-refractivity contribution in [3.63, 3.8) is 0 Å². The van der Waals surface area contributed by atoms with E-state index in [-0.39, 0.29) is 5.91 Å². The number of benzene rings is 1. The first-order chi connectivity index (χ1) is 9.47. The maximum Gasteiger partial charge on any atom is 0.254 e. The summed E-state index contributed by atoms with van der Waals surface area (Å²) in [7, 11) is 1.83. The van der Waals surface area contributed by atoms with Crippen LogP contribution in [0.4, 0.5) is 5.69 Å². The molecule has 0 fully saturated rings. The molecule has 3 rings (SSSR count). The first-order valence-corrected chi connectivity index (χ1v) is 6.71. The Labute approximate surface area is 121 Å². The van der Waals surface area contributed by atoms with Crippen molar-refractivity contribution in [1.29, 1.82) is 0 Å². The highest BCUT2D eigenvalue weighted by Crippen LogP contribution is 2.28. The summed E-state index contributed by atoms with van der Waals surface area (Å²) in [4.78, 5) is 14.1. The fourth-order valence-electron chi connectivity index (χ4n) is 2.54. The summed E-state index contributed by atoms with van der Waals surface area (Å²) < 4.78 is 1.72. The second-order valence-electron chi connectivity index (χ2n) is 5.05. The van der Waals surface area contributed by atoms with Gasteiger partial charge in [-0.05, 0) is 24.6 Å². The van der Waals surface area contributed by atoms with Crippen molar-refractivity contribution in [2.45, 2.75) is 20.0 Å². The Morgan fingerprint density at radius 3 is 2.85 bits per heavy atom. The van der Waals surface area contributed by atoms with Gasteiger partial charge in [0.15, 0.2) is 0 Å². The number of fused-ring (bicyclic) bond motifs is 1. The quantitative estimate of drug-likeness (QED) is 0.862. The first kappa shape index (κ1) is 13.0. The highest BCUT2D eigenvalue weighted by Gasteiger charge is 2.29. The Kier molecular flexibility index (Phi) is 2.94. The van der Waals surface area contributed by atoms with Crippen LogP contribution in [0.5, 0.6) is 0 Å². The van der Waals surface area contributed by atoms with E-state index >= 15 is 0 Å². The molecular weight excluding hydrogens is 276 g/mol. The lowest BCUT2D eigenvalue weighted by Crippen LogP contribution is -2.24. The number of amides is 1. The van der Waals surface area contributed by atoms with Crippen LogP contribution < -0.4 is 5.73 Å². The zero-order chi connectivity index (χ0) is 14.4. The van der Waals surface area contributed by atoms with Crippen LogP contribution in [-0.2, 0) is 20.1 Å². The minimum absolute atomic E-state index is 0.0118. The molecule has 0 spiro atoms. The van der Waals surface area contributed by atoms with E-state index in [4.69, 9.17) is 17.3 Å². The van der Waals surface area contributed by atoms with Crippen LogP contribution in [0.1, 0.15) is 27.3 Å². The van der Waals surface area contributed by atoms with Gasteiger partial charge in [0.25, 0.3) is 5.91 Å². The fraction of sp³-hybridized carbons (Fsp3) is 0.286. The summed E-state index contributed by atoms with van der Waals surface area (Å²) in [6, 6.07) is 5.45. The van der Waals surface area contributed by atoms with Crippen LogP contribution in [-0.4, -0.2) is 20.6 Å². The van der Waals surface area contributed by atoms with Crippen molar-refractivity contribution in [2.24, 2.45) is 7.05 Å². The molecule has 0 bridgehead atoms. The first-order valence-electron chi connectivity index (χ1n) is 6.33. The van der Waals surface area contributed by atoms with Gasteiger partial charge in [-0.1, -0.05) is 17.7 Å². The molecule has 0 saturated heterocycles. The number of carbonyl (C=O) groups is 1. The number of rotatable bonds is 2. The molecule has 1 aliphatic heterocycles. The summed E-state index contributed by atoms with van der Waals surface area (Å²) in [5.41, 5.74) is 9.64. The topological polar surface area (TPSA) is 64.2 Å². The van der Waals surface area contributed by atoms with Crippen molar-refractivity contribution in [1.82, 2.24) is 14.7 Å². The lowest BCUT2D eigenvalue weighted by Gasteiger charge is -2.15. The van der Waals surface area contributed by atoms with E-state index < -0.39 is 0 Å². The lowest BCUT2D eigenvalue weighted by molar-refractivity contribution is 0.0763. The molecule has 20 heavy (non-hydrogen) atoms. The summed E-state index contributed by atoms with van der Waals surface area (Å²) in [6.07, 6.45) is 0. The monoisotopic (exact) mass is 290 g/mol. The molecule has 6 heteroatoms. The van der Waals surface area contributed by atoms with E-state index in [0.717, 1.165) is 17.0 Å². The van der Waals surface area contributed by atoms with Crippen LogP contribution in [0.15, 0.2) is 18.2 Å². The number of hydrogen-bond acceptors (Lipinski definition) is 3. The van der Waals surface area contributed by atoms with Crippen molar-refractivity contribution in [3.8, 4) is 0 Å². The van der Waals surface area contributed by atoms with Gasteiger partial charge in [0.05, 0.1) is 23.0 Å². The number of aromatic nitrogens is 2. The maximum absolute atomic E-state index is 12.4. The van der Waals surface area contributed by atoms with Crippen molar-refractivity contribution in [2.75, 3.05) is 5.73 Å². The van der Waals surface area contributed by atoms with E-state index in [1.807, 2.05) is 26.1 Å². The van der Waals surface area contributed by atoms with Crippen LogP contribution in [0.25, 0.3) is 0 Å². The van der Waals surface area contributed by atoms with Gasteiger partial charge in [0.1, 0.15) is 0 Å². The molecule has 1 aromatic heterocycles. The van der Waals surface area contributed by atoms with E-state index in [2.05, 4.69) is 5.10 Å². The molecule has 1 aromatic carbocycles. The molecule has 1 amide bonds. The molecule has 0 atom stereocenters. The lowest BCUT2D eigenvalue weighted by atomic mass is 10.1. The van der Waals surface area contributed by atoms with E-state index in [1.54, 1.807) is 15.6 Å². The smallest absolute Gasteiger partial charge is 0.254 e. The van der Waals surface area contributed by atoms with Crippen LogP contribution >= 0.6 is 11.6 Å². The Morgan fingerprint density at radius 1 is 1.45 bits per heavy atom. The molecule has 2 aromatic rings. The molecule has 0 radical (unpaired) electrons. The Hall–Kier alpha value is -2.01. The van der Waals surface area contributed by atoms with Crippen molar-refractivity contribution in [3.05, 3.63) is 45.7 Å². The predicted molar refractivity (Wildman–Crippen MR) is 77.4 cm³/mol. The third-order valence-corrected chi connectivity index (χ3v) is 4.11. The second-order valence-corrected chi connectivity index (χ2v) is 5.43. The number of aryl methyl sites for hydroxylation is 2. The third kappa shape index (κ3) is 1.94. The zero-order valence-corrected chi connectivity index (χ0v) is 12.1. The van der Waals surface area contributed by atoms with E-state index in [0.29, 0.717) is 29.4 Å². The second kappa shape index (κ2) is 4.52.